The number of benzene rings is 1. The number of dihydropyridines is 1. The first-order chi connectivity index (χ1) is 18.7. The lowest BCUT2D eigenvalue weighted by Crippen LogP contribution is -2.33. The molecule has 0 bridgehead atoms. The Morgan fingerprint density at radius 1 is 1.31 bits per heavy atom. The number of ether oxygens (including phenoxy) is 2. The molecule has 206 valence electrons. The molecule has 9 heteroatoms. The second-order valence-corrected chi connectivity index (χ2v) is 10.5. The van der Waals surface area contributed by atoms with E-state index in [-0.39, 0.29) is 0 Å². The lowest BCUT2D eigenvalue weighted by atomic mass is 9.95. The summed E-state index contributed by atoms with van der Waals surface area (Å²) in [4.78, 5) is 9.95. The van der Waals surface area contributed by atoms with Crippen molar-refractivity contribution in [2.45, 2.75) is 59.4 Å². The summed E-state index contributed by atoms with van der Waals surface area (Å²) in [5.41, 5.74) is 4.54. The van der Waals surface area contributed by atoms with E-state index in [1.54, 1.807) is 7.05 Å². The Kier molecular flexibility index (Phi) is 9.08. The van der Waals surface area contributed by atoms with Crippen LogP contribution in [0, 0.1) is 24.7 Å². The highest BCUT2D eigenvalue weighted by molar-refractivity contribution is 7.16. The molecule has 1 atom stereocenters. The van der Waals surface area contributed by atoms with E-state index in [2.05, 4.69) is 39.4 Å². The van der Waals surface area contributed by atoms with Crippen LogP contribution in [0.1, 0.15) is 61.7 Å². The van der Waals surface area contributed by atoms with Gasteiger partial charge < -0.3 is 20.1 Å². The fourth-order valence-corrected chi connectivity index (χ4v) is 4.74. The highest BCUT2D eigenvalue weighted by Crippen LogP contribution is 2.36. The highest BCUT2D eigenvalue weighted by Gasteiger charge is 2.26. The Labute approximate surface area is 232 Å². The summed E-state index contributed by atoms with van der Waals surface area (Å²) in [6.07, 6.45) is 3.54. The number of methoxy groups -OCH3 is 1. The maximum Gasteiger partial charge on any atom is 0.261 e. The molecule has 0 radical (unpaired) electrons. The molecule has 2 aliphatic rings. The van der Waals surface area contributed by atoms with Gasteiger partial charge in [-0.3, -0.25) is 4.99 Å². The summed E-state index contributed by atoms with van der Waals surface area (Å²) in [5.74, 6) is 8.68. The number of nitrogens with zero attached hydrogens (tertiary/aromatic N) is 2. The Morgan fingerprint density at radius 3 is 2.72 bits per heavy atom. The molecule has 0 saturated heterocycles. The predicted octanol–water partition coefficient (Wildman–Crippen LogP) is 7.16. The van der Waals surface area contributed by atoms with E-state index in [1.165, 1.54) is 30.7 Å². The second kappa shape index (κ2) is 12.5. The Morgan fingerprint density at radius 2 is 2.08 bits per heavy atom. The van der Waals surface area contributed by atoms with Crippen molar-refractivity contribution >= 4 is 33.6 Å². The van der Waals surface area contributed by atoms with Gasteiger partial charge in [0.1, 0.15) is 22.4 Å². The number of aryl methyl sites for hydroxylation is 1. The molecule has 1 fully saturated rings. The average molecular weight is 553 g/mol. The monoisotopic (exact) mass is 552 g/mol. The van der Waals surface area contributed by atoms with E-state index in [0.29, 0.717) is 45.1 Å². The zero-order valence-corrected chi connectivity index (χ0v) is 23.9. The van der Waals surface area contributed by atoms with Crippen LogP contribution in [0.15, 0.2) is 52.6 Å². The van der Waals surface area contributed by atoms with E-state index in [0.717, 1.165) is 41.2 Å². The summed E-state index contributed by atoms with van der Waals surface area (Å²) >= 11 is 1.47. The molecular weight excluding hydrogens is 518 g/mol. The van der Waals surface area contributed by atoms with Crippen molar-refractivity contribution in [3.8, 4) is 11.8 Å². The number of anilines is 2. The van der Waals surface area contributed by atoms with Gasteiger partial charge in [0.25, 0.3) is 6.43 Å². The molecule has 1 aliphatic carbocycles. The number of allylic oxidation sites excluding steroid dienone is 3. The van der Waals surface area contributed by atoms with Crippen LogP contribution in [-0.2, 0) is 9.47 Å². The quantitative estimate of drug-likeness (QED) is 0.157. The van der Waals surface area contributed by atoms with Crippen LogP contribution in [0.25, 0.3) is 5.57 Å². The molecule has 2 heterocycles. The lowest BCUT2D eigenvalue weighted by Gasteiger charge is -2.24. The first-order valence-corrected chi connectivity index (χ1v) is 13.8. The zero-order valence-electron chi connectivity index (χ0n) is 23.1. The maximum atomic E-state index is 13.7. The van der Waals surface area contributed by atoms with Gasteiger partial charge in [-0.2, -0.15) is 0 Å². The number of thiazole rings is 1. The minimum atomic E-state index is -2.59. The van der Waals surface area contributed by atoms with Gasteiger partial charge in [-0.25, -0.2) is 13.8 Å². The van der Waals surface area contributed by atoms with Crippen molar-refractivity contribution in [2.24, 2.45) is 10.9 Å². The fourth-order valence-electron chi connectivity index (χ4n) is 3.90. The molecule has 6 nitrogen and oxygen atoms in total. The molecule has 1 aromatic carbocycles. The van der Waals surface area contributed by atoms with E-state index in [4.69, 9.17) is 9.47 Å². The molecular formula is C30H34F2N4O2S. The molecule has 1 aromatic heterocycles. The lowest BCUT2D eigenvalue weighted by molar-refractivity contribution is 0.122. The number of hydrogen-bond donors (Lipinski definition) is 2. The van der Waals surface area contributed by atoms with Crippen LogP contribution < -0.4 is 10.6 Å². The minimum Gasteiger partial charge on any atom is -0.495 e. The van der Waals surface area contributed by atoms with Gasteiger partial charge in [0.15, 0.2) is 5.13 Å². The van der Waals surface area contributed by atoms with Gasteiger partial charge in [0.05, 0.1) is 12.8 Å². The van der Waals surface area contributed by atoms with Gasteiger partial charge in [-0.1, -0.05) is 30.1 Å². The fraction of sp³-hybridized carbons (Fsp3) is 0.400. The number of nitrogens with one attached hydrogen (secondary N) is 2. The zero-order chi connectivity index (χ0) is 28.1. The number of rotatable bonds is 8. The molecule has 39 heavy (non-hydrogen) atoms. The Balaban J connectivity index is 1.77. The third kappa shape index (κ3) is 6.87. The topological polar surface area (TPSA) is 67.8 Å². The van der Waals surface area contributed by atoms with Crippen molar-refractivity contribution in [1.82, 2.24) is 10.3 Å². The molecule has 0 spiro atoms. The van der Waals surface area contributed by atoms with Crippen molar-refractivity contribution < 1.29 is 18.3 Å². The molecule has 4 rings (SSSR count). The summed E-state index contributed by atoms with van der Waals surface area (Å²) in [6.45, 7) is 7.92. The van der Waals surface area contributed by atoms with Crippen molar-refractivity contribution in [3.63, 3.8) is 0 Å². The molecule has 1 aliphatic heterocycles. The summed E-state index contributed by atoms with van der Waals surface area (Å²) in [7, 11) is 3.18. The van der Waals surface area contributed by atoms with Crippen LogP contribution in [0.2, 0.25) is 0 Å². The summed E-state index contributed by atoms with van der Waals surface area (Å²) in [5, 5.41) is 6.77. The largest absolute Gasteiger partial charge is 0.495 e. The van der Waals surface area contributed by atoms with Gasteiger partial charge in [-0.05, 0) is 69.9 Å². The van der Waals surface area contributed by atoms with Crippen molar-refractivity contribution in [2.75, 3.05) is 19.5 Å². The summed E-state index contributed by atoms with van der Waals surface area (Å²) in [6, 6.07) is 4.49. The molecule has 2 N–H and O–H groups in total. The first kappa shape index (κ1) is 28.4. The number of alkyl halides is 2. The average Bonchev–Trinajstić information content (AvgIpc) is 3.71. The second-order valence-electron chi connectivity index (χ2n) is 9.50. The van der Waals surface area contributed by atoms with Crippen LogP contribution in [0.3, 0.4) is 0 Å². The minimum absolute atomic E-state index is 0.429. The molecule has 0 amide bonds. The molecule has 1 unspecified atom stereocenters. The van der Waals surface area contributed by atoms with Gasteiger partial charge in [0, 0.05) is 41.6 Å². The van der Waals surface area contributed by atoms with Crippen molar-refractivity contribution in [3.05, 3.63) is 69.3 Å². The molecule has 2 aromatic rings. The van der Waals surface area contributed by atoms with E-state index >= 15 is 0 Å². The van der Waals surface area contributed by atoms with Gasteiger partial charge in [0.2, 0.25) is 5.90 Å². The number of aliphatic imine (C=N–C) groups is 1. The van der Waals surface area contributed by atoms with Crippen LogP contribution >= 0.6 is 11.3 Å². The first-order valence-electron chi connectivity index (χ1n) is 13.0. The van der Waals surface area contributed by atoms with Crippen LogP contribution in [-0.4, -0.2) is 37.5 Å². The van der Waals surface area contributed by atoms with E-state index in [9.17, 15) is 8.78 Å². The Hall–Kier alpha value is -3.64. The standard InChI is InChI=1S/C30H34F2N4O2S/c1-7-17(2)19(4)38-29(33-5)21-11-12-24(36-30-35-18(3)27(39-30)13-10-20-8-9-20)22(14-21)23-15-25(28(31)32)34-16-26(23)37-6/h11-12,14-16,20,25,28,34H,7-9H2,1-6H3,(H,35,36). The van der Waals surface area contributed by atoms with Gasteiger partial charge >= 0.3 is 0 Å². The van der Waals surface area contributed by atoms with Crippen molar-refractivity contribution in [1.29, 1.82) is 0 Å². The van der Waals surface area contributed by atoms with Crippen LogP contribution in [0.5, 0.6) is 0 Å². The third-order valence-corrected chi connectivity index (χ3v) is 7.64. The SMILES string of the molecule is CCC(C)=C(C)OC(=NC)c1ccc(Nc2nc(C)c(C#CC3CC3)s2)c(C2=CC(C(F)F)NC=C2OC)c1. The maximum absolute atomic E-state index is 13.7. The number of aromatic nitrogens is 1. The van der Waals surface area contributed by atoms with Gasteiger partial charge in [-0.15, -0.1) is 0 Å². The van der Waals surface area contributed by atoms with E-state index < -0.39 is 12.5 Å². The number of halogens is 2. The van der Waals surface area contributed by atoms with E-state index in [1.807, 2.05) is 39.0 Å². The smallest absolute Gasteiger partial charge is 0.261 e. The van der Waals surface area contributed by atoms with Crippen LogP contribution in [0.4, 0.5) is 19.6 Å². The highest BCUT2D eigenvalue weighted by atomic mass is 32.1. The number of hydrogen-bond acceptors (Lipinski definition) is 7. The predicted molar refractivity (Wildman–Crippen MR) is 154 cm³/mol. The normalized spacial score (nSPS) is 17.9. The summed E-state index contributed by atoms with van der Waals surface area (Å²) < 4.78 is 39.1. The molecule has 1 saturated carbocycles. The third-order valence-electron chi connectivity index (χ3n) is 6.66. The Bertz CT molecular complexity index is 1410.